The number of nitrogens with one attached hydrogen (secondary N) is 1. The molecule has 1 aliphatic carbocycles. The average molecular weight is 390 g/mol. The van der Waals surface area contributed by atoms with E-state index in [-0.39, 0.29) is 11.8 Å². The number of rotatable bonds is 3. The molecule has 1 N–H and O–H groups in total. The predicted octanol–water partition coefficient (Wildman–Crippen LogP) is 3.31. The van der Waals surface area contributed by atoms with Crippen molar-refractivity contribution in [3.8, 4) is 0 Å². The van der Waals surface area contributed by atoms with Gasteiger partial charge in [-0.25, -0.2) is 10.4 Å². The second kappa shape index (κ2) is 7.50. The Labute approximate surface area is 168 Å². The topological polar surface area (TPSA) is 87.8 Å². The fourth-order valence-corrected chi connectivity index (χ4v) is 3.56. The lowest BCUT2D eigenvalue weighted by Gasteiger charge is -2.13. The number of benzene rings is 1. The molecule has 2 amide bonds. The number of hydrazone groups is 1. The van der Waals surface area contributed by atoms with Gasteiger partial charge in [0.1, 0.15) is 11.5 Å². The SMILES string of the molecule is Cc1c(C(=O)N(C)C)oc2c1/C(=N/NC(=O)c1ccc3ccccc3n1)CCC2. The molecule has 1 aliphatic rings. The molecule has 0 atom stereocenters. The summed E-state index contributed by atoms with van der Waals surface area (Å²) in [7, 11) is 3.38. The molecule has 1 aromatic carbocycles. The van der Waals surface area contributed by atoms with E-state index in [0.29, 0.717) is 17.9 Å². The highest BCUT2D eigenvalue weighted by molar-refractivity contribution is 6.07. The van der Waals surface area contributed by atoms with E-state index in [9.17, 15) is 9.59 Å². The van der Waals surface area contributed by atoms with Crippen LogP contribution >= 0.6 is 0 Å². The smallest absolute Gasteiger partial charge is 0.289 e. The summed E-state index contributed by atoms with van der Waals surface area (Å²) in [5.41, 5.74) is 5.98. The first-order valence-electron chi connectivity index (χ1n) is 9.52. The Kier molecular flexibility index (Phi) is 4.88. The van der Waals surface area contributed by atoms with Crippen LogP contribution in [0.3, 0.4) is 0 Å². The highest BCUT2D eigenvalue weighted by Gasteiger charge is 2.28. The number of pyridine rings is 1. The highest BCUT2D eigenvalue weighted by Crippen LogP contribution is 2.30. The molecule has 0 spiro atoms. The molecule has 0 saturated carbocycles. The van der Waals surface area contributed by atoms with Crippen LogP contribution in [0.15, 0.2) is 45.9 Å². The summed E-state index contributed by atoms with van der Waals surface area (Å²) >= 11 is 0. The largest absolute Gasteiger partial charge is 0.455 e. The number of hydrogen-bond donors (Lipinski definition) is 1. The van der Waals surface area contributed by atoms with E-state index in [4.69, 9.17) is 4.42 Å². The number of furan rings is 1. The van der Waals surface area contributed by atoms with Gasteiger partial charge in [-0.15, -0.1) is 0 Å². The van der Waals surface area contributed by atoms with Gasteiger partial charge in [0.05, 0.1) is 11.2 Å². The minimum Gasteiger partial charge on any atom is -0.455 e. The number of amides is 2. The zero-order valence-electron chi connectivity index (χ0n) is 16.7. The molecule has 2 heterocycles. The Bertz CT molecular complexity index is 1140. The minimum absolute atomic E-state index is 0.180. The Morgan fingerprint density at radius 3 is 2.72 bits per heavy atom. The number of nitrogens with zero attached hydrogens (tertiary/aromatic N) is 3. The molecule has 2 aromatic heterocycles. The summed E-state index contributed by atoms with van der Waals surface area (Å²) in [5.74, 6) is 0.523. The van der Waals surface area contributed by atoms with E-state index < -0.39 is 0 Å². The van der Waals surface area contributed by atoms with Crippen molar-refractivity contribution >= 4 is 28.4 Å². The Hall–Kier alpha value is -3.48. The van der Waals surface area contributed by atoms with Crippen molar-refractivity contribution in [2.75, 3.05) is 14.1 Å². The zero-order valence-corrected chi connectivity index (χ0v) is 16.7. The van der Waals surface area contributed by atoms with Gasteiger partial charge in [0, 0.05) is 37.0 Å². The molecule has 0 saturated heterocycles. The molecule has 0 unspecified atom stereocenters. The van der Waals surface area contributed by atoms with Gasteiger partial charge in [-0.3, -0.25) is 9.59 Å². The number of aryl methyl sites for hydroxylation is 1. The molecule has 29 heavy (non-hydrogen) atoms. The fraction of sp³-hybridized carbons (Fsp3) is 0.273. The molecule has 0 aliphatic heterocycles. The number of hydrogen-bond acceptors (Lipinski definition) is 5. The van der Waals surface area contributed by atoms with Gasteiger partial charge in [0.15, 0.2) is 5.76 Å². The maximum atomic E-state index is 12.6. The average Bonchev–Trinajstić information content (AvgIpc) is 3.08. The first kappa shape index (κ1) is 18.9. The maximum absolute atomic E-state index is 12.6. The minimum atomic E-state index is -0.374. The summed E-state index contributed by atoms with van der Waals surface area (Å²) in [6, 6.07) is 11.2. The van der Waals surface area contributed by atoms with Crippen LogP contribution in [0, 0.1) is 6.92 Å². The van der Waals surface area contributed by atoms with Crippen LogP contribution in [0.25, 0.3) is 10.9 Å². The van der Waals surface area contributed by atoms with Crippen LogP contribution in [0.5, 0.6) is 0 Å². The fourth-order valence-electron chi connectivity index (χ4n) is 3.56. The van der Waals surface area contributed by atoms with Crippen LogP contribution < -0.4 is 5.43 Å². The lowest BCUT2D eigenvalue weighted by atomic mass is 9.93. The van der Waals surface area contributed by atoms with Crippen molar-refractivity contribution in [1.82, 2.24) is 15.3 Å². The van der Waals surface area contributed by atoms with E-state index in [1.54, 1.807) is 20.2 Å². The van der Waals surface area contributed by atoms with E-state index in [0.717, 1.165) is 46.3 Å². The number of carbonyl (C=O) groups excluding carboxylic acids is 2. The van der Waals surface area contributed by atoms with Gasteiger partial charge in [-0.2, -0.15) is 5.10 Å². The summed E-state index contributed by atoms with van der Waals surface area (Å²) in [6.07, 6.45) is 2.29. The Morgan fingerprint density at radius 2 is 1.93 bits per heavy atom. The third-order valence-corrected chi connectivity index (χ3v) is 5.05. The number of aromatic nitrogens is 1. The van der Waals surface area contributed by atoms with Gasteiger partial charge in [-0.05, 0) is 31.9 Å². The molecule has 4 rings (SSSR count). The molecular formula is C22H22N4O3. The quantitative estimate of drug-likeness (QED) is 0.695. The molecule has 3 aromatic rings. The van der Waals surface area contributed by atoms with Crippen LogP contribution in [0.2, 0.25) is 0 Å². The Balaban J connectivity index is 1.61. The van der Waals surface area contributed by atoms with Crippen LogP contribution in [-0.2, 0) is 6.42 Å². The van der Waals surface area contributed by atoms with Crippen molar-refractivity contribution in [1.29, 1.82) is 0 Å². The molecule has 0 fully saturated rings. The monoisotopic (exact) mass is 390 g/mol. The van der Waals surface area contributed by atoms with Crippen LogP contribution in [-0.4, -0.2) is 41.5 Å². The third-order valence-electron chi connectivity index (χ3n) is 5.05. The molecule has 0 bridgehead atoms. The van der Waals surface area contributed by atoms with Crippen molar-refractivity contribution in [2.24, 2.45) is 5.10 Å². The number of carbonyl (C=O) groups is 2. The third kappa shape index (κ3) is 3.51. The van der Waals surface area contributed by atoms with Crippen LogP contribution in [0.1, 0.15) is 50.8 Å². The summed E-state index contributed by atoms with van der Waals surface area (Å²) < 4.78 is 5.83. The van der Waals surface area contributed by atoms with Gasteiger partial charge < -0.3 is 9.32 Å². The maximum Gasteiger partial charge on any atom is 0.289 e. The first-order valence-corrected chi connectivity index (χ1v) is 9.52. The summed E-state index contributed by atoms with van der Waals surface area (Å²) in [5, 5.41) is 5.32. The van der Waals surface area contributed by atoms with Crippen LogP contribution in [0.4, 0.5) is 0 Å². The van der Waals surface area contributed by atoms with E-state index in [1.807, 2.05) is 37.3 Å². The lowest BCUT2D eigenvalue weighted by Crippen LogP contribution is -2.23. The molecule has 7 nitrogen and oxygen atoms in total. The van der Waals surface area contributed by atoms with E-state index in [1.165, 1.54) is 4.90 Å². The van der Waals surface area contributed by atoms with E-state index >= 15 is 0 Å². The molecular weight excluding hydrogens is 368 g/mol. The Morgan fingerprint density at radius 1 is 1.14 bits per heavy atom. The standard InChI is InChI=1S/C22H22N4O3/c1-13-19-16(9-6-10-18(19)29-20(13)22(28)26(2)3)24-25-21(27)17-12-11-14-7-4-5-8-15(14)23-17/h4-5,7-8,11-12H,6,9-10H2,1-3H3,(H,25,27)/b24-16+. The van der Waals surface area contributed by atoms with Gasteiger partial charge in [0.25, 0.3) is 11.8 Å². The van der Waals surface area contributed by atoms with Crippen molar-refractivity contribution in [3.05, 3.63) is 64.7 Å². The van der Waals surface area contributed by atoms with Crippen molar-refractivity contribution in [2.45, 2.75) is 26.2 Å². The van der Waals surface area contributed by atoms with Gasteiger partial charge in [-0.1, -0.05) is 24.3 Å². The van der Waals surface area contributed by atoms with Gasteiger partial charge >= 0.3 is 0 Å². The second-order valence-electron chi connectivity index (χ2n) is 7.30. The first-order chi connectivity index (χ1) is 14.0. The molecule has 7 heteroatoms. The molecule has 148 valence electrons. The predicted molar refractivity (Wildman–Crippen MR) is 110 cm³/mol. The molecule has 0 radical (unpaired) electrons. The lowest BCUT2D eigenvalue weighted by molar-refractivity contribution is 0.0793. The summed E-state index contributed by atoms with van der Waals surface area (Å²) in [4.78, 5) is 30.8. The van der Waals surface area contributed by atoms with Crippen molar-refractivity contribution < 1.29 is 14.0 Å². The van der Waals surface area contributed by atoms with E-state index in [2.05, 4.69) is 15.5 Å². The highest BCUT2D eigenvalue weighted by atomic mass is 16.4. The summed E-state index contributed by atoms with van der Waals surface area (Å²) in [6.45, 7) is 1.85. The second-order valence-corrected chi connectivity index (χ2v) is 7.30. The normalized spacial score (nSPS) is 14.7. The van der Waals surface area contributed by atoms with Crippen molar-refractivity contribution in [3.63, 3.8) is 0 Å². The van der Waals surface area contributed by atoms with Gasteiger partial charge in [0.2, 0.25) is 0 Å². The number of fused-ring (bicyclic) bond motifs is 2. The zero-order chi connectivity index (χ0) is 20.5. The number of para-hydroxylation sites is 1.